The summed E-state index contributed by atoms with van der Waals surface area (Å²) in [4.78, 5) is 10.1. The number of aliphatic imine (C=N–C) groups is 1. The molecule has 0 aliphatic heterocycles. The molecule has 0 amide bonds. The van der Waals surface area contributed by atoms with Crippen LogP contribution in [0.25, 0.3) is 32.8 Å². The Balaban J connectivity index is 1.25. The van der Waals surface area contributed by atoms with Gasteiger partial charge in [-0.2, -0.15) is 0 Å². The lowest BCUT2D eigenvalue weighted by atomic mass is 10.1. The second kappa shape index (κ2) is 7.45. The number of furan rings is 2. The average Bonchev–Trinajstić information content (AvgIpc) is 3.41. The lowest BCUT2D eigenvalue weighted by Gasteiger charge is -2.02. The molecule has 0 aliphatic rings. The number of pyridine rings is 1. The molecular formula is C26H16N2O2S. The maximum atomic E-state index is 5.96. The third kappa shape index (κ3) is 3.39. The van der Waals surface area contributed by atoms with Crippen molar-refractivity contribution in [2.45, 2.75) is 9.99 Å². The molecule has 148 valence electrons. The SMILES string of the molecule is C(=Nc1ccc2c(c1)oc1ccccc12)c1ccc(Sc2cccc3cccnc23)o1. The summed E-state index contributed by atoms with van der Waals surface area (Å²) in [5.74, 6) is 0.695. The molecule has 5 heteroatoms. The molecule has 0 atom stereocenters. The van der Waals surface area contributed by atoms with Crippen molar-refractivity contribution in [1.82, 2.24) is 4.98 Å². The van der Waals surface area contributed by atoms with Crippen LogP contribution in [0, 0.1) is 0 Å². The summed E-state index contributed by atoms with van der Waals surface area (Å²) in [6, 6.07) is 28.1. The van der Waals surface area contributed by atoms with E-state index in [0.29, 0.717) is 5.76 Å². The van der Waals surface area contributed by atoms with E-state index in [1.807, 2.05) is 66.9 Å². The Kier molecular flexibility index (Phi) is 4.32. The third-order valence-corrected chi connectivity index (χ3v) is 6.08. The van der Waals surface area contributed by atoms with Gasteiger partial charge in [-0.25, -0.2) is 0 Å². The molecule has 0 radical (unpaired) electrons. The van der Waals surface area contributed by atoms with Gasteiger partial charge in [-0.05, 0) is 54.2 Å². The highest BCUT2D eigenvalue weighted by atomic mass is 32.2. The molecule has 0 saturated carbocycles. The number of benzene rings is 3. The Morgan fingerprint density at radius 1 is 0.774 bits per heavy atom. The molecule has 0 unspecified atom stereocenters. The molecule has 0 saturated heterocycles. The lowest BCUT2D eigenvalue weighted by Crippen LogP contribution is -1.81. The van der Waals surface area contributed by atoms with Gasteiger partial charge >= 0.3 is 0 Å². The fourth-order valence-electron chi connectivity index (χ4n) is 3.66. The molecule has 6 rings (SSSR count). The van der Waals surface area contributed by atoms with Gasteiger partial charge in [0.2, 0.25) is 0 Å². The second-order valence-electron chi connectivity index (χ2n) is 7.13. The van der Waals surface area contributed by atoms with Gasteiger partial charge in [-0.3, -0.25) is 9.98 Å². The van der Waals surface area contributed by atoms with E-state index in [0.717, 1.165) is 48.5 Å². The van der Waals surface area contributed by atoms with Gasteiger partial charge in [0.05, 0.1) is 17.4 Å². The van der Waals surface area contributed by atoms with Crippen LogP contribution in [-0.4, -0.2) is 11.2 Å². The molecule has 3 aromatic carbocycles. The second-order valence-corrected chi connectivity index (χ2v) is 8.17. The molecule has 31 heavy (non-hydrogen) atoms. The Labute approximate surface area is 182 Å². The minimum atomic E-state index is 0.695. The molecular weight excluding hydrogens is 404 g/mol. The summed E-state index contributed by atoms with van der Waals surface area (Å²) in [5.41, 5.74) is 3.50. The van der Waals surface area contributed by atoms with Gasteiger partial charge in [0.1, 0.15) is 16.9 Å². The Morgan fingerprint density at radius 2 is 1.68 bits per heavy atom. The van der Waals surface area contributed by atoms with Crippen LogP contribution in [0.4, 0.5) is 5.69 Å². The van der Waals surface area contributed by atoms with Crippen molar-refractivity contribution in [3.8, 4) is 0 Å². The summed E-state index contributed by atoms with van der Waals surface area (Å²) < 4.78 is 11.9. The van der Waals surface area contributed by atoms with E-state index >= 15 is 0 Å². The van der Waals surface area contributed by atoms with E-state index in [1.54, 1.807) is 18.0 Å². The van der Waals surface area contributed by atoms with Crippen molar-refractivity contribution in [3.05, 3.63) is 96.9 Å². The van der Waals surface area contributed by atoms with Crippen molar-refractivity contribution in [3.63, 3.8) is 0 Å². The maximum Gasteiger partial charge on any atom is 0.165 e. The summed E-state index contributed by atoms with van der Waals surface area (Å²) in [6.45, 7) is 0. The fourth-order valence-corrected chi connectivity index (χ4v) is 4.56. The number of fused-ring (bicyclic) bond motifs is 4. The van der Waals surface area contributed by atoms with Gasteiger partial charge in [0, 0.05) is 33.3 Å². The van der Waals surface area contributed by atoms with Gasteiger partial charge in [0.25, 0.3) is 0 Å². The minimum absolute atomic E-state index is 0.695. The first-order chi connectivity index (χ1) is 15.3. The summed E-state index contributed by atoms with van der Waals surface area (Å²) in [7, 11) is 0. The number of nitrogens with zero attached hydrogens (tertiary/aromatic N) is 2. The number of para-hydroxylation sites is 2. The molecule has 6 aromatic rings. The zero-order valence-corrected chi connectivity index (χ0v) is 17.2. The largest absolute Gasteiger partial charge is 0.456 e. The summed E-state index contributed by atoms with van der Waals surface area (Å²) >= 11 is 1.56. The van der Waals surface area contributed by atoms with Crippen LogP contribution >= 0.6 is 11.8 Å². The predicted octanol–water partition coefficient (Wildman–Crippen LogP) is 7.63. The fraction of sp³-hybridized carbons (Fsp3) is 0. The van der Waals surface area contributed by atoms with E-state index in [-0.39, 0.29) is 0 Å². The quantitative estimate of drug-likeness (QED) is 0.275. The normalized spacial score (nSPS) is 11.9. The number of hydrogen-bond donors (Lipinski definition) is 0. The lowest BCUT2D eigenvalue weighted by molar-refractivity contribution is 0.469. The van der Waals surface area contributed by atoms with E-state index < -0.39 is 0 Å². The summed E-state index contributed by atoms with van der Waals surface area (Å²) in [6.07, 6.45) is 3.54. The number of hydrogen-bond acceptors (Lipinski definition) is 5. The monoisotopic (exact) mass is 420 g/mol. The number of rotatable bonds is 4. The molecule has 0 aliphatic carbocycles. The Morgan fingerprint density at radius 3 is 2.68 bits per heavy atom. The predicted molar refractivity (Wildman–Crippen MR) is 126 cm³/mol. The van der Waals surface area contributed by atoms with Crippen LogP contribution < -0.4 is 0 Å². The van der Waals surface area contributed by atoms with Crippen molar-refractivity contribution < 1.29 is 8.83 Å². The van der Waals surface area contributed by atoms with Crippen LogP contribution in [0.5, 0.6) is 0 Å². The van der Waals surface area contributed by atoms with E-state index in [4.69, 9.17) is 8.83 Å². The van der Waals surface area contributed by atoms with Gasteiger partial charge < -0.3 is 8.83 Å². The van der Waals surface area contributed by atoms with Gasteiger partial charge in [0.15, 0.2) is 5.09 Å². The van der Waals surface area contributed by atoms with Crippen molar-refractivity contribution in [2.75, 3.05) is 0 Å². The zero-order valence-electron chi connectivity index (χ0n) is 16.4. The van der Waals surface area contributed by atoms with Crippen LogP contribution in [0.3, 0.4) is 0 Å². The highest BCUT2D eigenvalue weighted by molar-refractivity contribution is 7.99. The number of aromatic nitrogens is 1. The van der Waals surface area contributed by atoms with Crippen LogP contribution in [0.2, 0.25) is 0 Å². The highest BCUT2D eigenvalue weighted by Crippen LogP contribution is 2.34. The van der Waals surface area contributed by atoms with Crippen molar-refractivity contribution >= 4 is 56.5 Å². The maximum absolute atomic E-state index is 5.96. The topological polar surface area (TPSA) is 51.5 Å². The van der Waals surface area contributed by atoms with E-state index in [1.165, 1.54) is 0 Å². The first-order valence-corrected chi connectivity index (χ1v) is 10.7. The first-order valence-electron chi connectivity index (χ1n) is 9.90. The standard InChI is InChI=1S/C26H16N2O2S/c1-2-8-22-20(7-1)21-12-10-18(15-23(21)30-22)28-16-19-11-13-25(29-19)31-24-9-3-5-17-6-4-14-27-26(17)24/h1-16H. The van der Waals surface area contributed by atoms with E-state index in [2.05, 4.69) is 34.2 Å². The molecule has 0 fully saturated rings. The zero-order chi connectivity index (χ0) is 20.6. The molecule has 4 nitrogen and oxygen atoms in total. The molecule has 3 aromatic heterocycles. The summed E-state index contributed by atoms with van der Waals surface area (Å²) in [5, 5.41) is 4.12. The third-order valence-electron chi connectivity index (χ3n) is 5.11. The van der Waals surface area contributed by atoms with Gasteiger partial charge in [-0.1, -0.05) is 36.4 Å². The van der Waals surface area contributed by atoms with Crippen LogP contribution in [0.15, 0.2) is 115 Å². The van der Waals surface area contributed by atoms with Crippen LogP contribution in [-0.2, 0) is 0 Å². The van der Waals surface area contributed by atoms with Crippen LogP contribution in [0.1, 0.15) is 5.76 Å². The van der Waals surface area contributed by atoms with Gasteiger partial charge in [-0.15, -0.1) is 0 Å². The Bertz CT molecular complexity index is 1570. The first kappa shape index (κ1) is 18.0. The minimum Gasteiger partial charge on any atom is -0.456 e. The molecule has 3 heterocycles. The van der Waals surface area contributed by atoms with E-state index in [9.17, 15) is 0 Å². The van der Waals surface area contributed by atoms with Crippen molar-refractivity contribution in [1.29, 1.82) is 0 Å². The molecule has 0 bridgehead atoms. The molecule has 0 spiro atoms. The Hall–Kier alpha value is -3.83. The molecule has 0 N–H and O–H groups in total. The highest BCUT2D eigenvalue weighted by Gasteiger charge is 2.08. The smallest absolute Gasteiger partial charge is 0.165 e. The van der Waals surface area contributed by atoms with Crippen molar-refractivity contribution in [2.24, 2.45) is 4.99 Å². The average molecular weight is 420 g/mol.